The van der Waals surface area contributed by atoms with Gasteiger partial charge in [-0.25, -0.2) is 0 Å². The maximum absolute atomic E-state index is 12.6. The van der Waals surface area contributed by atoms with Gasteiger partial charge in [0.2, 0.25) is 11.8 Å². The molecule has 2 amide bonds. The summed E-state index contributed by atoms with van der Waals surface area (Å²) in [4.78, 5) is 28.9. The Balaban J connectivity index is 1.51. The Morgan fingerprint density at radius 3 is 2.71 bits per heavy atom. The van der Waals surface area contributed by atoms with Crippen LogP contribution in [0.1, 0.15) is 12.5 Å². The van der Waals surface area contributed by atoms with Crippen LogP contribution in [-0.2, 0) is 23.2 Å². The number of hydrogen-bond acceptors (Lipinski definition) is 5. The second kappa shape index (κ2) is 7.37. The van der Waals surface area contributed by atoms with Crippen LogP contribution in [0.4, 0.5) is 0 Å². The third-order valence-corrected chi connectivity index (χ3v) is 5.44. The van der Waals surface area contributed by atoms with E-state index in [0.29, 0.717) is 26.2 Å². The number of benzene rings is 1. The van der Waals surface area contributed by atoms with Crippen LogP contribution in [0.15, 0.2) is 36.5 Å². The van der Waals surface area contributed by atoms with Gasteiger partial charge >= 0.3 is 0 Å². The van der Waals surface area contributed by atoms with E-state index in [4.69, 9.17) is 0 Å². The van der Waals surface area contributed by atoms with Gasteiger partial charge in [-0.3, -0.25) is 19.2 Å². The van der Waals surface area contributed by atoms with Crippen molar-refractivity contribution in [2.24, 2.45) is 7.05 Å². The number of carbonyl (C=O) groups is 2. The van der Waals surface area contributed by atoms with Crippen LogP contribution in [0.2, 0.25) is 0 Å². The minimum Gasteiger partial charge on any atom is -0.391 e. The van der Waals surface area contributed by atoms with E-state index in [2.05, 4.69) is 15.3 Å². The fraction of sp³-hybridized carbons (Fsp3) is 0.450. The van der Waals surface area contributed by atoms with Crippen LogP contribution < -0.4 is 5.32 Å². The van der Waals surface area contributed by atoms with Crippen molar-refractivity contribution in [1.82, 2.24) is 24.9 Å². The number of nitrogens with one attached hydrogen (secondary N) is 1. The number of aliphatic hydroxyl groups excluding tert-OH is 1. The van der Waals surface area contributed by atoms with E-state index in [-0.39, 0.29) is 11.8 Å². The molecule has 3 atom stereocenters. The van der Waals surface area contributed by atoms with Crippen molar-refractivity contribution in [3.8, 4) is 11.3 Å². The predicted molar refractivity (Wildman–Crippen MR) is 103 cm³/mol. The molecule has 0 bridgehead atoms. The second-order valence-electron chi connectivity index (χ2n) is 7.55. The average Bonchev–Trinajstić information content (AvgIpc) is 3.05. The van der Waals surface area contributed by atoms with Crippen molar-refractivity contribution in [3.05, 3.63) is 42.1 Å². The lowest BCUT2D eigenvalue weighted by atomic mass is 10.0. The molecule has 1 aromatic carbocycles. The highest BCUT2D eigenvalue weighted by Crippen LogP contribution is 2.25. The molecule has 2 fully saturated rings. The number of aryl methyl sites for hydroxylation is 1. The number of aromatic nitrogens is 2. The van der Waals surface area contributed by atoms with E-state index in [1.54, 1.807) is 9.58 Å². The van der Waals surface area contributed by atoms with Crippen molar-refractivity contribution >= 4 is 11.8 Å². The Bertz CT molecular complexity index is 879. The summed E-state index contributed by atoms with van der Waals surface area (Å²) in [6.45, 7) is 3.79. The first-order valence-electron chi connectivity index (χ1n) is 9.53. The van der Waals surface area contributed by atoms with Crippen LogP contribution in [0.5, 0.6) is 0 Å². The minimum absolute atomic E-state index is 0.203. The number of aliphatic hydroxyl groups is 1. The normalized spacial score (nSPS) is 24.0. The van der Waals surface area contributed by atoms with Crippen molar-refractivity contribution in [1.29, 1.82) is 0 Å². The summed E-state index contributed by atoms with van der Waals surface area (Å²) < 4.78 is 1.80. The highest BCUT2D eigenvalue weighted by atomic mass is 16.3. The van der Waals surface area contributed by atoms with Gasteiger partial charge in [0.15, 0.2) is 0 Å². The van der Waals surface area contributed by atoms with E-state index < -0.39 is 18.2 Å². The average molecular weight is 383 g/mol. The van der Waals surface area contributed by atoms with Crippen molar-refractivity contribution < 1.29 is 14.7 Å². The molecule has 2 aliphatic heterocycles. The minimum atomic E-state index is -0.903. The van der Waals surface area contributed by atoms with Gasteiger partial charge in [0.05, 0.1) is 11.8 Å². The summed E-state index contributed by atoms with van der Waals surface area (Å²) in [5, 5.41) is 17.0. The van der Waals surface area contributed by atoms with Crippen LogP contribution >= 0.6 is 0 Å². The lowest BCUT2D eigenvalue weighted by Gasteiger charge is -2.45. The van der Waals surface area contributed by atoms with Crippen LogP contribution in [0.25, 0.3) is 11.3 Å². The lowest BCUT2D eigenvalue weighted by molar-refractivity contribution is -0.156. The first-order chi connectivity index (χ1) is 13.4. The molecule has 8 nitrogen and oxygen atoms in total. The number of hydrogen-bond donors (Lipinski definition) is 2. The molecule has 2 aliphatic rings. The summed E-state index contributed by atoms with van der Waals surface area (Å²) in [6, 6.07) is 8.66. The Hall–Kier alpha value is -2.71. The number of nitrogens with zero attached hydrogens (tertiary/aromatic N) is 4. The molecule has 2 aromatic rings. The molecular formula is C20H25N5O3. The number of carbonyl (C=O) groups excluding carboxylic acids is 2. The van der Waals surface area contributed by atoms with E-state index in [1.165, 1.54) is 6.92 Å². The van der Waals surface area contributed by atoms with Gasteiger partial charge in [0.1, 0.15) is 12.1 Å². The molecule has 148 valence electrons. The third kappa shape index (κ3) is 3.41. The maximum Gasteiger partial charge on any atom is 0.248 e. The molecule has 0 aliphatic carbocycles. The smallest absolute Gasteiger partial charge is 0.248 e. The third-order valence-electron chi connectivity index (χ3n) is 5.44. The standard InChI is InChI=1S/C20H25N5O3/c1-13(26)17-20(28)25-9-8-24(12-16(25)19(27)21-17)11-15-10-23(2)22-18(15)14-6-4-3-5-7-14/h3-7,10,13,16-17,26H,8-9,11-12H2,1-2H3,(H,21,27)/t13-,16+,17+/m0/s1. The van der Waals surface area contributed by atoms with E-state index >= 15 is 0 Å². The molecule has 8 heteroatoms. The van der Waals surface area contributed by atoms with E-state index in [1.807, 2.05) is 43.6 Å². The molecule has 4 rings (SSSR count). The van der Waals surface area contributed by atoms with Gasteiger partial charge in [-0.2, -0.15) is 5.10 Å². The van der Waals surface area contributed by atoms with Gasteiger partial charge in [-0.1, -0.05) is 30.3 Å². The van der Waals surface area contributed by atoms with E-state index in [9.17, 15) is 14.7 Å². The molecule has 2 saturated heterocycles. The van der Waals surface area contributed by atoms with Gasteiger partial charge in [0.25, 0.3) is 0 Å². The summed E-state index contributed by atoms with van der Waals surface area (Å²) in [7, 11) is 1.90. The first kappa shape index (κ1) is 18.6. The van der Waals surface area contributed by atoms with Crippen molar-refractivity contribution in [2.45, 2.75) is 31.7 Å². The Morgan fingerprint density at radius 2 is 2.00 bits per heavy atom. The van der Waals surface area contributed by atoms with Crippen LogP contribution in [-0.4, -0.2) is 74.3 Å². The number of amides is 2. The van der Waals surface area contributed by atoms with Crippen LogP contribution in [0.3, 0.4) is 0 Å². The number of piperazine rings is 2. The molecule has 0 saturated carbocycles. The molecule has 28 heavy (non-hydrogen) atoms. The van der Waals surface area contributed by atoms with Gasteiger partial charge in [-0.05, 0) is 6.92 Å². The molecule has 2 N–H and O–H groups in total. The largest absolute Gasteiger partial charge is 0.391 e. The SMILES string of the molecule is C[C@H](O)[C@H]1NC(=O)[C@H]2CN(Cc3cn(C)nc3-c3ccccc3)CCN2C1=O. The van der Waals surface area contributed by atoms with Gasteiger partial charge in [0, 0.05) is 50.6 Å². The maximum atomic E-state index is 12.6. The van der Waals surface area contributed by atoms with E-state index in [0.717, 1.165) is 16.8 Å². The zero-order chi connectivity index (χ0) is 19.8. The fourth-order valence-electron chi connectivity index (χ4n) is 4.02. The Labute approximate surface area is 163 Å². The molecule has 1 aromatic heterocycles. The van der Waals surface area contributed by atoms with Gasteiger partial charge in [-0.15, -0.1) is 0 Å². The summed E-state index contributed by atoms with van der Waals surface area (Å²) in [5.74, 6) is -0.407. The van der Waals surface area contributed by atoms with Gasteiger partial charge < -0.3 is 15.3 Å². The second-order valence-corrected chi connectivity index (χ2v) is 7.55. The summed E-state index contributed by atoms with van der Waals surface area (Å²) in [5.41, 5.74) is 3.08. The quantitative estimate of drug-likeness (QED) is 0.774. The van der Waals surface area contributed by atoms with Crippen molar-refractivity contribution in [2.75, 3.05) is 19.6 Å². The molecule has 0 spiro atoms. The number of fused-ring (bicyclic) bond motifs is 1. The molecule has 0 radical (unpaired) electrons. The molecule has 0 unspecified atom stereocenters. The Morgan fingerprint density at radius 1 is 1.25 bits per heavy atom. The zero-order valence-electron chi connectivity index (χ0n) is 16.1. The topological polar surface area (TPSA) is 90.7 Å². The fourth-order valence-corrected chi connectivity index (χ4v) is 4.02. The molecule has 3 heterocycles. The van der Waals surface area contributed by atoms with Crippen molar-refractivity contribution in [3.63, 3.8) is 0 Å². The highest BCUT2D eigenvalue weighted by molar-refractivity contribution is 5.97. The highest BCUT2D eigenvalue weighted by Gasteiger charge is 2.44. The molecular weight excluding hydrogens is 358 g/mol. The zero-order valence-corrected chi connectivity index (χ0v) is 16.1. The predicted octanol–water partition coefficient (Wildman–Crippen LogP) is -0.0209. The Kier molecular flexibility index (Phi) is 4.91. The monoisotopic (exact) mass is 383 g/mol. The number of rotatable bonds is 4. The first-order valence-corrected chi connectivity index (χ1v) is 9.53. The lowest BCUT2D eigenvalue weighted by Crippen LogP contribution is -2.70. The summed E-state index contributed by atoms with van der Waals surface area (Å²) >= 11 is 0. The summed E-state index contributed by atoms with van der Waals surface area (Å²) in [6.07, 6.45) is 1.10. The van der Waals surface area contributed by atoms with Crippen LogP contribution in [0, 0.1) is 0 Å².